The van der Waals surface area contributed by atoms with E-state index in [4.69, 9.17) is 14.0 Å². The molecule has 4 fully saturated rings. The Morgan fingerprint density at radius 1 is 0.910 bits per heavy atom. The van der Waals surface area contributed by atoms with E-state index in [0.29, 0.717) is 31.2 Å². The molecule has 0 bridgehead atoms. The molecule has 4 aromatic heterocycles. The molecular formula is C48H59F2N9O7S. The molecule has 16 nitrogen and oxygen atoms in total. The van der Waals surface area contributed by atoms with Gasteiger partial charge >= 0.3 is 0 Å². The largest absolute Gasteiger partial charge is 0.489 e. The highest BCUT2D eigenvalue weighted by Crippen LogP contribution is 2.33. The van der Waals surface area contributed by atoms with Crippen molar-refractivity contribution in [3.63, 3.8) is 0 Å². The second-order valence-electron chi connectivity index (χ2n) is 18.3. The predicted molar refractivity (Wildman–Crippen MR) is 247 cm³/mol. The van der Waals surface area contributed by atoms with Crippen LogP contribution in [0.3, 0.4) is 0 Å². The quantitative estimate of drug-likeness (QED) is 0.134. The molecule has 3 atom stereocenters. The first-order valence-electron chi connectivity index (χ1n) is 23.7. The number of likely N-dealkylation sites (N-methyl/N-ethyl adjacent to an activating group) is 1. The summed E-state index contributed by atoms with van der Waals surface area (Å²) in [6.07, 6.45) is 9.78. The van der Waals surface area contributed by atoms with E-state index in [1.54, 1.807) is 47.4 Å². The van der Waals surface area contributed by atoms with E-state index in [2.05, 4.69) is 25.7 Å². The van der Waals surface area contributed by atoms with Crippen molar-refractivity contribution < 1.29 is 42.0 Å². The molecule has 1 aliphatic carbocycles. The molecule has 3 aliphatic heterocycles. The fraction of sp³-hybridized carbons (Fsp3) is 0.542. The standard InChI is InChI=1S/C48H59F2N9O7S/c1-30(51-2)46(61)53-43(31-7-4-3-5-8-31)47(62)56-20-22-57(23-21-56)48(63)44-42(50)36-25-32(49)10-11-38(36)59(44)28-41(60)58-17-6-9-33(58)29-64-40-26-35(66-54-40)27-55-18-13-34(14-19-55)65-39-12-16-52-37-15-24-67-45(37)39/h10-12,15-16,24-26,30-31,33-34,43,51H,3-9,13-14,17-23,27-29H2,1-2H3,(H,53,61)/t30-,33-,43?/m0/s1. The number of piperidine rings is 1. The van der Waals surface area contributed by atoms with Gasteiger partial charge in [-0.1, -0.05) is 19.3 Å². The minimum atomic E-state index is -0.907. The highest BCUT2D eigenvalue weighted by atomic mass is 32.1. The van der Waals surface area contributed by atoms with Gasteiger partial charge in [0.15, 0.2) is 11.6 Å². The van der Waals surface area contributed by atoms with Crippen molar-refractivity contribution in [3.8, 4) is 11.6 Å². The third kappa shape index (κ3) is 10.3. The van der Waals surface area contributed by atoms with Crippen molar-refractivity contribution in [1.82, 2.24) is 44.9 Å². The van der Waals surface area contributed by atoms with Crippen LogP contribution < -0.4 is 20.1 Å². The van der Waals surface area contributed by atoms with Gasteiger partial charge in [0.25, 0.3) is 11.8 Å². The van der Waals surface area contributed by atoms with Gasteiger partial charge in [0.05, 0.1) is 34.4 Å². The summed E-state index contributed by atoms with van der Waals surface area (Å²) in [6, 6.07) is 7.84. The molecule has 1 unspecified atom stereocenters. The van der Waals surface area contributed by atoms with Crippen LogP contribution in [0.5, 0.6) is 11.6 Å². The summed E-state index contributed by atoms with van der Waals surface area (Å²) >= 11 is 1.63. The average Bonchev–Trinajstić information content (AvgIpc) is 4.18. The number of carbonyl (C=O) groups excluding carboxylic acids is 4. The lowest BCUT2D eigenvalue weighted by Gasteiger charge is -2.39. The maximum absolute atomic E-state index is 16.4. The molecule has 19 heteroatoms. The van der Waals surface area contributed by atoms with Crippen LogP contribution in [0, 0.1) is 17.6 Å². The molecule has 9 rings (SSSR count). The van der Waals surface area contributed by atoms with E-state index in [0.717, 1.165) is 86.5 Å². The number of nitrogens with zero attached hydrogens (tertiary/aromatic N) is 7. The normalized spacial score (nSPS) is 19.8. The number of fused-ring (bicyclic) bond motifs is 2. The van der Waals surface area contributed by atoms with E-state index >= 15 is 4.39 Å². The van der Waals surface area contributed by atoms with Crippen LogP contribution in [-0.2, 0) is 27.5 Å². The summed E-state index contributed by atoms with van der Waals surface area (Å²) in [6.45, 7) is 4.82. The Hall–Kier alpha value is -5.66. The monoisotopic (exact) mass is 943 g/mol. The number of benzene rings is 1. The zero-order valence-corrected chi connectivity index (χ0v) is 38.9. The van der Waals surface area contributed by atoms with Crippen molar-refractivity contribution in [1.29, 1.82) is 0 Å². The SMILES string of the molecule is CN[C@@H](C)C(=O)NC(C(=O)N1CCN(C(=O)c2c(F)c3cc(F)ccc3n2CC(=O)N2CCC[C@H]2COc2cc(CN3CCC(Oc4ccnc5ccsc45)CC3)on2)CC1)C1CCCCC1. The number of halogens is 2. The molecule has 4 aliphatic rings. The predicted octanol–water partition coefficient (Wildman–Crippen LogP) is 5.59. The first-order valence-corrected chi connectivity index (χ1v) is 24.5. The number of piperazine rings is 1. The van der Waals surface area contributed by atoms with Crippen LogP contribution in [0.4, 0.5) is 8.78 Å². The number of ether oxygens (including phenoxy) is 2. The highest BCUT2D eigenvalue weighted by Gasteiger charge is 2.38. The van der Waals surface area contributed by atoms with Gasteiger partial charge in [-0.2, -0.15) is 0 Å². The summed E-state index contributed by atoms with van der Waals surface area (Å²) in [7, 11) is 1.69. The Labute approximate surface area is 391 Å². The van der Waals surface area contributed by atoms with Crippen LogP contribution in [0.25, 0.3) is 21.1 Å². The second-order valence-corrected chi connectivity index (χ2v) is 19.2. The molecule has 0 spiro atoms. The lowest BCUT2D eigenvalue weighted by Crippen LogP contribution is -2.59. The van der Waals surface area contributed by atoms with Crippen molar-refractivity contribution in [2.24, 2.45) is 5.92 Å². The lowest BCUT2D eigenvalue weighted by molar-refractivity contribution is -0.140. The summed E-state index contributed by atoms with van der Waals surface area (Å²) in [4.78, 5) is 67.0. The van der Waals surface area contributed by atoms with Gasteiger partial charge in [-0.15, -0.1) is 11.3 Å². The van der Waals surface area contributed by atoms with Gasteiger partial charge < -0.3 is 43.9 Å². The van der Waals surface area contributed by atoms with E-state index in [1.165, 1.54) is 21.6 Å². The topological polar surface area (TPSA) is 168 Å². The molecule has 67 heavy (non-hydrogen) atoms. The van der Waals surface area contributed by atoms with Gasteiger partial charge in [-0.05, 0) is 99.3 Å². The summed E-state index contributed by atoms with van der Waals surface area (Å²) in [5.41, 5.74) is 0.828. The van der Waals surface area contributed by atoms with Crippen molar-refractivity contribution in [3.05, 3.63) is 71.1 Å². The van der Waals surface area contributed by atoms with E-state index in [1.807, 2.05) is 17.5 Å². The number of carbonyl (C=O) groups is 4. The Kier molecular flexibility index (Phi) is 14.3. The maximum Gasteiger partial charge on any atom is 0.273 e. The Morgan fingerprint density at radius 3 is 2.46 bits per heavy atom. The minimum absolute atomic E-state index is 0.0107. The molecular weight excluding hydrogens is 885 g/mol. The zero-order chi connectivity index (χ0) is 46.6. The van der Waals surface area contributed by atoms with Gasteiger partial charge in [-0.25, -0.2) is 8.78 Å². The van der Waals surface area contributed by atoms with E-state index < -0.39 is 29.6 Å². The Bertz CT molecular complexity index is 2560. The average molecular weight is 944 g/mol. The van der Waals surface area contributed by atoms with Gasteiger partial charge in [0.1, 0.15) is 42.6 Å². The molecule has 5 aromatic rings. The summed E-state index contributed by atoms with van der Waals surface area (Å²) in [5.74, 6) is -1.14. The van der Waals surface area contributed by atoms with Crippen LogP contribution in [0.1, 0.15) is 81.0 Å². The first-order chi connectivity index (χ1) is 32.5. The van der Waals surface area contributed by atoms with E-state index in [9.17, 15) is 23.6 Å². The number of amides is 4. The molecule has 4 amide bonds. The number of nitrogens with one attached hydrogen (secondary N) is 2. The number of hydrogen-bond donors (Lipinski definition) is 2. The van der Waals surface area contributed by atoms with Gasteiger partial charge in [-0.3, -0.25) is 29.1 Å². The summed E-state index contributed by atoms with van der Waals surface area (Å²) < 4.78 is 51.4. The van der Waals surface area contributed by atoms with Crippen LogP contribution in [0.2, 0.25) is 0 Å². The van der Waals surface area contributed by atoms with Crippen molar-refractivity contribution in [2.45, 2.75) is 102 Å². The molecule has 3 saturated heterocycles. The molecule has 1 saturated carbocycles. The smallest absolute Gasteiger partial charge is 0.273 e. The number of aromatic nitrogens is 3. The first kappa shape index (κ1) is 46.5. The van der Waals surface area contributed by atoms with Gasteiger partial charge in [0.2, 0.25) is 17.7 Å². The molecule has 7 heterocycles. The molecule has 2 N–H and O–H groups in total. The molecule has 358 valence electrons. The Morgan fingerprint density at radius 2 is 1.69 bits per heavy atom. The van der Waals surface area contributed by atoms with Crippen LogP contribution in [0.15, 0.2) is 52.5 Å². The lowest BCUT2D eigenvalue weighted by atomic mass is 9.83. The number of hydrogen-bond acceptors (Lipinski definition) is 12. The summed E-state index contributed by atoms with van der Waals surface area (Å²) in [5, 5.41) is 12.0. The number of thiophene rings is 1. The third-order valence-corrected chi connectivity index (χ3v) is 14.9. The second kappa shape index (κ2) is 20.7. The van der Waals surface area contributed by atoms with Crippen molar-refractivity contribution in [2.75, 3.05) is 59.5 Å². The van der Waals surface area contributed by atoms with Crippen LogP contribution in [-0.4, -0.2) is 142 Å². The number of pyridine rings is 1. The molecule has 1 aromatic carbocycles. The van der Waals surface area contributed by atoms with Gasteiger partial charge in [0, 0.05) is 63.5 Å². The van der Waals surface area contributed by atoms with Crippen LogP contribution >= 0.6 is 11.3 Å². The van der Waals surface area contributed by atoms with Crippen molar-refractivity contribution >= 4 is 56.1 Å². The number of likely N-dealkylation sites (tertiary alicyclic amines) is 2. The zero-order valence-electron chi connectivity index (χ0n) is 38.1. The highest BCUT2D eigenvalue weighted by molar-refractivity contribution is 7.17. The minimum Gasteiger partial charge on any atom is -0.489 e. The maximum atomic E-state index is 16.4. The Balaban J connectivity index is 0.805. The fourth-order valence-corrected chi connectivity index (χ4v) is 10.9. The number of rotatable bonds is 15. The molecule has 0 radical (unpaired) electrons. The fourth-order valence-electron chi connectivity index (χ4n) is 10.1. The third-order valence-electron chi connectivity index (χ3n) is 14.0. The van der Waals surface area contributed by atoms with E-state index in [-0.39, 0.29) is 91.7 Å².